The van der Waals surface area contributed by atoms with Crippen molar-refractivity contribution in [3.63, 3.8) is 0 Å². The normalized spacial score (nSPS) is 22.5. The maximum absolute atomic E-state index is 5.92. The number of para-hydroxylation sites is 2. The molecule has 1 atom stereocenters. The second kappa shape index (κ2) is 2.90. The SMILES string of the molecule is C[C@H]1OC12c1ccccc1Oc1ccccc12. The van der Waals surface area contributed by atoms with Crippen molar-refractivity contribution in [2.45, 2.75) is 18.6 Å². The van der Waals surface area contributed by atoms with E-state index in [1.54, 1.807) is 0 Å². The van der Waals surface area contributed by atoms with Crippen LogP contribution in [0.25, 0.3) is 0 Å². The minimum atomic E-state index is -0.272. The molecule has 0 amide bonds. The summed E-state index contributed by atoms with van der Waals surface area (Å²) in [6.07, 6.45) is 0.216. The van der Waals surface area contributed by atoms with Crippen LogP contribution in [0.5, 0.6) is 11.5 Å². The lowest BCUT2D eigenvalue weighted by atomic mass is 9.85. The molecular formula is C15H12O2. The van der Waals surface area contributed by atoms with Crippen molar-refractivity contribution in [1.29, 1.82) is 0 Å². The van der Waals surface area contributed by atoms with E-state index in [9.17, 15) is 0 Å². The molecule has 2 aliphatic rings. The fourth-order valence-electron chi connectivity index (χ4n) is 2.80. The Balaban J connectivity index is 2.02. The Morgan fingerprint density at radius 2 is 1.35 bits per heavy atom. The summed E-state index contributed by atoms with van der Waals surface area (Å²) in [4.78, 5) is 0. The van der Waals surface area contributed by atoms with Crippen LogP contribution in [0.3, 0.4) is 0 Å². The number of rotatable bonds is 0. The molecule has 2 aromatic rings. The molecule has 2 heteroatoms. The molecule has 0 bridgehead atoms. The van der Waals surface area contributed by atoms with Gasteiger partial charge in [-0.25, -0.2) is 0 Å². The van der Waals surface area contributed by atoms with Gasteiger partial charge in [-0.2, -0.15) is 0 Å². The van der Waals surface area contributed by atoms with Gasteiger partial charge < -0.3 is 9.47 Å². The fraction of sp³-hybridized carbons (Fsp3) is 0.200. The molecule has 2 heterocycles. The Morgan fingerprint density at radius 3 is 1.82 bits per heavy atom. The molecule has 0 aliphatic carbocycles. The van der Waals surface area contributed by atoms with E-state index in [1.165, 1.54) is 0 Å². The van der Waals surface area contributed by atoms with E-state index in [0.717, 1.165) is 22.6 Å². The van der Waals surface area contributed by atoms with Gasteiger partial charge in [0.1, 0.15) is 11.5 Å². The van der Waals surface area contributed by atoms with Crippen LogP contribution in [0.2, 0.25) is 0 Å². The summed E-state index contributed by atoms with van der Waals surface area (Å²) in [7, 11) is 0. The van der Waals surface area contributed by atoms with Crippen molar-refractivity contribution in [2.24, 2.45) is 0 Å². The van der Waals surface area contributed by atoms with E-state index in [-0.39, 0.29) is 11.7 Å². The topological polar surface area (TPSA) is 21.8 Å². The molecule has 84 valence electrons. The number of benzene rings is 2. The lowest BCUT2D eigenvalue weighted by Gasteiger charge is -2.26. The van der Waals surface area contributed by atoms with Crippen molar-refractivity contribution in [3.05, 3.63) is 59.7 Å². The van der Waals surface area contributed by atoms with E-state index in [0.29, 0.717) is 0 Å². The lowest BCUT2D eigenvalue weighted by molar-refractivity contribution is 0.307. The maximum Gasteiger partial charge on any atom is 0.152 e. The molecule has 4 rings (SSSR count). The number of hydrogen-bond acceptors (Lipinski definition) is 2. The van der Waals surface area contributed by atoms with Gasteiger partial charge in [-0.15, -0.1) is 0 Å². The number of epoxide rings is 1. The first-order valence-corrected chi connectivity index (χ1v) is 5.87. The predicted molar refractivity (Wildman–Crippen MR) is 64.3 cm³/mol. The summed E-state index contributed by atoms with van der Waals surface area (Å²) in [5.41, 5.74) is 2.02. The first kappa shape index (κ1) is 9.25. The summed E-state index contributed by atoms with van der Waals surface area (Å²) in [6.45, 7) is 2.11. The van der Waals surface area contributed by atoms with Crippen molar-refractivity contribution >= 4 is 0 Å². The minimum Gasteiger partial charge on any atom is -0.457 e. The number of fused-ring (bicyclic) bond motifs is 4. The zero-order valence-corrected chi connectivity index (χ0v) is 9.51. The summed E-state index contributed by atoms with van der Waals surface area (Å²) in [5.74, 6) is 1.83. The molecule has 2 aromatic carbocycles. The Morgan fingerprint density at radius 1 is 0.882 bits per heavy atom. The molecule has 0 radical (unpaired) electrons. The van der Waals surface area contributed by atoms with Crippen LogP contribution in [-0.2, 0) is 10.3 Å². The summed E-state index contributed by atoms with van der Waals surface area (Å²) in [5, 5.41) is 0. The van der Waals surface area contributed by atoms with Crippen LogP contribution in [0, 0.1) is 0 Å². The van der Waals surface area contributed by atoms with Gasteiger partial charge in [-0.05, 0) is 19.1 Å². The molecule has 17 heavy (non-hydrogen) atoms. The van der Waals surface area contributed by atoms with Gasteiger partial charge in [0.05, 0.1) is 6.10 Å². The third-order valence-corrected chi connectivity index (χ3v) is 3.67. The van der Waals surface area contributed by atoms with Crippen molar-refractivity contribution in [2.75, 3.05) is 0 Å². The van der Waals surface area contributed by atoms with Crippen LogP contribution in [-0.4, -0.2) is 6.10 Å². The average molecular weight is 224 g/mol. The molecule has 2 aliphatic heterocycles. The number of ether oxygens (including phenoxy) is 2. The van der Waals surface area contributed by atoms with Crippen LogP contribution in [0.15, 0.2) is 48.5 Å². The van der Waals surface area contributed by atoms with Crippen molar-refractivity contribution in [3.8, 4) is 11.5 Å². The Hall–Kier alpha value is -1.80. The van der Waals surface area contributed by atoms with E-state index < -0.39 is 0 Å². The van der Waals surface area contributed by atoms with Crippen LogP contribution >= 0.6 is 0 Å². The van der Waals surface area contributed by atoms with Crippen LogP contribution in [0.1, 0.15) is 18.1 Å². The Bertz CT molecular complexity index is 558. The van der Waals surface area contributed by atoms with E-state index in [1.807, 2.05) is 36.4 Å². The minimum absolute atomic E-state index is 0.216. The van der Waals surface area contributed by atoms with Gasteiger partial charge >= 0.3 is 0 Å². The molecule has 0 N–H and O–H groups in total. The third kappa shape index (κ3) is 1.03. The molecule has 0 aromatic heterocycles. The Labute approximate surface area is 99.8 Å². The summed E-state index contributed by atoms with van der Waals surface area (Å²) >= 11 is 0. The highest BCUT2D eigenvalue weighted by molar-refractivity contribution is 5.59. The van der Waals surface area contributed by atoms with E-state index in [2.05, 4.69) is 19.1 Å². The summed E-state index contributed by atoms with van der Waals surface area (Å²) in [6, 6.07) is 16.2. The molecule has 2 nitrogen and oxygen atoms in total. The average Bonchev–Trinajstić information content (AvgIpc) is 3.02. The van der Waals surface area contributed by atoms with E-state index in [4.69, 9.17) is 9.47 Å². The number of hydrogen-bond donors (Lipinski definition) is 0. The highest BCUT2D eigenvalue weighted by Crippen LogP contribution is 2.59. The quantitative estimate of drug-likeness (QED) is 0.639. The van der Waals surface area contributed by atoms with Gasteiger partial charge in [0.15, 0.2) is 5.60 Å². The first-order valence-electron chi connectivity index (χ1n) is 5.87. The van der Waals surface area contributed by atoms with Gasteiger partial charge in [0.25, 0.3) is 0 Å². The van der Waals surface area contributed by atoms with Crippen LogP contribution in [0.4, 0.5) is 0 Å². The molecule has 1 fully saturated rings. The zero-order valence-electron chi connectivity index (χ0n) is 9.51. The second-order valence-corrected chi connectivity index (χ2v) is 4.59. The first-order chi connectivity index (χ1) is 8.32. The molecule has 0 unspecified atom stereocenters. The monoisotopic (exact) mass is 224 g/mol. The van der Waals surface area contributed by atoms with Crippen LogP contribution < -0.4 is 4.74 Å². The smallest absolute Gasteiger partial charge is 0.152 e. The highest BCUT2D eigenvalue weighted by Gasteiger charge is 2.60. The second-order valence-electron chi connectivity index (χ2n) is 4.59. The lowest BCUT2D eigenvalue weighted by Crippen LogP contribution is -2.19. The van der Waals surface area contributed by atoms with Gasteiger partial charge in [-0.3, -0.25) is 0 Å². The molecule has 1 saturated heterocycles. The molecular weight excluding hydrogens is 212 g/mol. The molecule has 0 saturated carbocycles. The van der Waals surface area contributed by atoms with Crippen molar-refractivity contribution < 1.29 is 9.47 Å². The van der Waals surface area contributed by atoms with E-state index >= 15 is 0 Å². The summed E-state index contributed by atoms with van der Waals surface area (Å²) < 4.78 is 11.8. The van der Waals surface area contributed by atoms with Gasteiger partial charge in [0, 0.05) is 11.1 Å². The van der Waals surface area contributed by atoms with Crippen molar-refractivity contribution in [1.82, 2.24) is 0 Å². The third-order valence-electron chi connectivity index (χ3n) is 3.67. The Kier molecular flexibility index (Phi) is 1.58. The fourth-order valence-corrected chi connectivity index (χ4v) is 2.80. The molecule has 1 spiro atoms. The van der Waals surface area contributed by atoms with Gasteiger partial charge in [0.2, 0.25) is 0 Å². The van der Waals surface area contributed by atoms with Gasteiger partial charge in [-0.1, -0.05) is 36.4 Å². The zero-order chi connectivity index (χ0) is 11.5. The highest BCUT2D eigenvalue weighted by atomic mass is 16.6. The maximum atomic E-state index is 5.92. The predicted octanol–water partition coefficient (Wildman–Crippen LogP) is 3.45. The largest absolute Gasteiger partial charge is 0.457 e. The standard InChI is InChI=1S/C15H12O2/c1-10-15(17-10)11-6-2-4-8-13(11)16-14-9-5-3-7-12(14)15/h2-10H,1H3/t10-/m1/s1.